The molecule has 8 nitrogen and oxygen atoms in total. The highest BCUT2D eigenvalue weighted by Crippen LogP contribution is 2.41. The Labute approximate surface area is 183 Å². The first-order chi connectivity index (χ1) is 13.9. The summed E-state index contributed by atoms with van der Waals surface area (Å²) in [5.41, 5.74) is 3.19. The largest absolute Gasteiger partial charge is 0.372 e. The first kappa shape index (κ1) is 22.0. The highest BCUT2D eigenvalue weighted by molar-refractivity contribution is 7.59. The van der Waals surface area contributed by atoms with Crippen LogP contribution in [-0.2, 0) is 17.9 Å². The number of carbonyl (C=O) groups is 1. The topological polar surface area (TPSA) is 108 Å². The van der Waals surface area contributed by atoms with Crippen molar-refractivity contribution in [1.29, 1.82) is 5.26 Å². The van der Waals surface area contributed by atoms with E-state index < -0.39 is 0 Å². The van der Waals surface area contributed by atoms with Gasteiger partial charge in [0, 0.05) is 24.4 Å². The van der Waals surface area contributed by atoms with Crippen LogP contribution in [0.3, 0.4) is 0 Å². The molecule has 3 heterocycles. The minimum Gasteiger partial charge on any atom is -0.372 e. The van der Waals surface area contributed by atoms with Gasteiger partial charge in [0.15, 0.2) is 0 Å². The maximum Gasteiger partial charge on any atom is 0.247 e. The fourth-order valence-electron chi connectivity index (χ4n) is 3.93. The van der Waals surface area contributed by atoms with Crippen molar-refractivity contribution in [3.63, 3.8) is 0 Å². The number of pyridine rings is 1. The number of carbonyl (C=O) groups excluding carboxylic acids is 1. The van der Waals surface area contributed by atoms with E-state index in [-0.39, 0.29) is 36.8 Å². The number of aryl methyl sites for hydroxylation is 1. The molecule has 1 saturated carbocycles. The van der Waals surface area contributed by atoms with E-state index >= 15 is 0 Å². The van der Waals surface area contributed by atoms with Crippen molar-refractivity contribution in [3.05, 3.63) is 29.7 Å². The van der Waals surface area contributed by atoms with Gasteiger partial charge in [0.05, 0.1) is 41.3 Å². The Balaban J connectivity index is 0.00000256. The van der Waals surface area contributed by atoms with E-state index in [2.05, 4.69) is 32.1 Å². The molecular formula is C21H29N7OS. The molecule has 0 aromatic carbocycles. The third-order valence-corrected chi connectivity index (χ3v) is 5.88. The summed E-state index contributed by atoms with van der Waals surface area (Å²) in [6, 6.07) is 4.13. The second-order valence-electron chi connectivity index (χ2n) is 8.52. The van der Waals surface area contributed by atoms with Crippen LogP contribution in [0.15, 0.2) is 18.5 Å². The Bertz CT molecular complexity index is 974. The number of rotatable bonds is 6. The number of anilines is 3. The summed E-state index contributed by atoms with van der Waals surface area (Å²) in [5.74, 6) is 0.908. The molecule has 9 heteroatoms. The van der Waals surface area contributed by atoms with E-state index in [0.717, 1.165) is 47.7 Å². The number of nitriles is 1. The van der Waals surface area contributed by atoms with Crippen molar-refractivity contribution in [3.8, 4) is 6.07 Å². The Kier molecular flexibility index (Phi) is 6.27. The van der Waals surface area contributed by atoms with Gasteiger partial charge in [-0.2, -0.15) is 23.9 Å². The smallest absolute Gasteiger partial charge is 0.247 e. The number of nitrogens with one attached hydrogen (secondary N) is 3. The number of hydrogen-bond acceptors (Lipinski definition) is 6. The lowest BCUT2D eigenvalue weighted by atomic mass is 9.70. The van der Waals surface area contributed by atoms with Crippen LogP contribution in [0.2, 0.25) is 0 Å². The summed E-state index contributed by atoms with van der Waals surface area (Å²) in [7, 11) is 0. The van der Waals surface area contributed by atoms with Gasteiger partial charge in [-0.3, -0.25) is 9.48 Å². The monoisotopic (exact) mass is 427 g/mol. The van der Waals surface area contributed by atoms with Gasteiger partial charge in [-0.05, 0) is 25.7 Å². The lowest BCUT2D eigenvalue weighted by molar-refractivity contribution is -0.117. The van der Waals surface area contributed by atoms with E-state index in [1.165, 1.54) is 0 Å². The van der Waals surface area contributed by atoms with Crippen molar-refractivity contribution in [2.24, 2.45) is 11.3 Å². The first-order valence-corrected chi connectivity index (χ1v) is 10.1. The average Bonchev–Trinajstić information content (AvgIpc) is 3.10. The standard InChI is InChI=1S/C21H27N7O.H2S/c1-13(2)18-20(29)27-19-14(3)25-17(7-16(19)26-18)23-8-15-9-24-28(10-15)12-21(11-22)5-4-6-21;/h7,9-10,13,18,26H,4-6,8,12H2,1-3H3,(H,23,25)(H,27,29);1H2/t18-;/m0./s1. The van der Waals surface area contributed by atoms with E-state index in [9.17, 15) is 10.1 Å². The summed E-state index contributed by atoms with van der Waals surface area (Å²) in [5, 5.41) is 23.5. The molecule has 160 valence electrons. The van der Waals surface area contributed by atoms with E-state index in [4.69, 9.17) is 0 Å². The molecule has 30 heavy (non-hydrogen) atoms. The first-order valence-electron chi connectivity index (χ1n) is 10.1. The van der Waals surface area contributed by atoms with Crippen molar-refractivity contribution < 1.29 is 4.79 Å². The van der Waals surface area contributed by atoms with Gasteiger partial charge in [0.1, 0.15) is 11.9 Å². The average molecular weight is 428 g/mol. The predicted molar refractivity (Wildman–Crippen MR) is 122 cm³/mol. The molecule has 1 atom stereocenters. The molecule has 0 saturated heterocycles. The van der Waals surface area contributed by atoms with Crippen LogP contribution in [0.1, 0.15) is 44.4 Å². The summed E-state index contributed by atoms with van der Waals surface area (Å²) in [4.78, 5) is 16.8. The third kappa shape index (κ3) is 4.24. The molecule has 0 unspecified atom stereocenters. The summed E-state index contributed by atoms with van der Waals surface area (Å²) >= 11 is 0. The third-order valence-electron chi connectivity index (χ3n) is 5.88. The molecule has 1 fully saturated rings. The summed E-state index contributed by atoms with van der Waals surface area (Å²) in [6.07, 6.45) is 6.85. The maximum absolute atomic E-state index is 12.2. The van der Waals surface area contributed by atoms with E-state index in [1.807, 2.05) is 43.9 Å². The SMILES string of the molecule is Cc1nc(NCc2cnn(CC3(C#N)CCC3)c2)cc2c1NC(=O)[C@H](C(C)C)N2.S. The highest BCUT2D eigenvalue weighted by Gasteiger charge is 2.37. The molecule has 4 rings (SSSR count). The van der Waals surface area contributed by atoms with Crippen LogP contribution in [-0.4, -0.2) is 26.7 Å². The zero-order valence-electron chi connectivity index (χ0n) is 17.6. The van der Waals surface area contributed by atoms with Crippen LogP contribution < -0.4 is 16.0 Å². The number of fused-ring (bicyclic) bond motifs is 1. The van der Waals surface area contributed by atoms with E-state index in [0.29, 0.717) is 13.1 Å². The van der Waals surface area contributed by atoms with Crippen LogP contribution in [0.4, 0.5) is 17.2 Å². The molecule has 2 aliphatic rings. The molecule has 2 aromatic rings. The molecule has 1 aliphatic carbocycles. The van der Waals surface area contributed by atoms with Crippen molar-refractivity contribution in [2.75, 3.05) is 16.0 Å². The fraction of sp³-hybridized carbons (Fsp3) is 0.524. The molecule has 0 radical (unpaired) electrons. The van der Waals surface area contributed by atoms with Gasteiger partial charge in [-0.1, -0.05) is 20.3 Å². The quantitative estimate of drug-likeness (QED) is 0.652. The predicted octanol–water partition coefficient (Wildman–Crippen LogP) is 3.39. The lowest BCUT2D eigenvalue weighted by Crippen LogP contribution is -2.42. The second kappa shape index (κ2) is 8.56. The van der Waals surface area contributed by atoms with Crippen LogP contribution in [0.5, 0.6) is 0 Å². The van der Waals surface area contributed by atoms with Crippen molar-refractivity contribution >= 4 is 36.6 Å². The number of amides is 1. The normalized spacial score (nSPS) is 18.9. The van der Waals surface area contributed by atoms with Gasteiger partial charge in [0.2, 0.25) is 5.91 Å². The summed E-state index contributed by atoms with van der Waals surface area (Å²) < 4.78 is 1.87. The van der Waals surface area contributed by atoms with Gasteiger partial charge in [-0.25, -0.2) is 4.98 Å². The number of nitrogens with zero attached hydrogens (tertiary/aromatic N) is 4. The molecular weight excluding hydrogens is 398 g/mol. The van der Waals surface area contributed by atoms with E-state index in [1.54, 1.807) is 0 Å². The molecule has 3 N–H and O–H groups in total. The molecule has 1 aliphatic heterocycles. The minimum absolute atomic E-state index is 0. The molecule has 2 aromatic heterocycles. The van der Waals surface area contributed by atoms with Crippen LogP contribution >= 0.6 is 13.5 Å². The van der Waals surface area contributed by atoms with Gasteiger partial charge < -0.3 is 16.0 Å². The number of hydrogen-bond donors (Lipinski definition) is 3. The Morgan fingerprint density at radius 3 is 2.83 bits per heavy atom. The number of aromatic nitrogens is 3. The van der Waals surface area contributed by atoms with Crippen LogP contribution in [0.25, 0.3) is 0 Å². The Morgan fingerprint density at radius 2 is 2.20 bits per heavy atom. The lowest BCUT2D eigenvalue weighted by Gasteiger charge is -2.34. The van der Waals surface area contributed by atoms with Gasteiger partial charge in [0.25, 0.3) is 0 Å². The van der Waals surface area contributed by atoms with Crippen LogP contribution in [0, 0.1) is 29.6 Å². The zero-order chi connectivity index (χ0) is 20.6. The molecule has 0 spiro atoms. The Morgan fingerprint density at radius 1 is 1.43 bits per heavy atom. The second-order valence-corrected chi connectivity index (χ2v) is 8.52. The summed E-state index contributed by atoms with van der Waals surface area (Å²) in [6.45, 7) is 7.17. The zero-order valence-corrected chi connectivity index (χ0v) is 18.6. The van der Waals surface area contributed by atoms with Crippen molar-refractivity contribution in [1.82, 2.24) is 14.8 Å². The van der Waals surface area contributed by atoms with Gasteiger partial charge >= 0.3 is 0 Å². The minimum atomic E-state index is -0.255. The molecule has 0 bridgehead atoms. The Hall–Kier alpha value is -2.73. The fourth-order valence-corrected chi connectivity index (χ4v) is 3.93. The molecule has 1 amide bonds. The van der Waals surface area contributed by atoms with Gasteiger partial charge in [-0.15, -0.1) is 0 Å². The highest BCUT2D eigenvalue weighted by atomic mass is 32.1. The maximum atomic E-state index is 12.2. The van der Waals surface area contributed by atoms with Crippen molar-refractivity contribution in [2.45, 2.75) is 59.2 Å².